The van der Waals surface area contributed by atoms with Crippen LogP contribution < -0.4 is 10.6 Å². The Labute approximate surface area is 177 Å². The molecule has 3 aromatic rings. The Morgan fingerprint density at radius 1 is 1.03 bits per heavy atom. The molecular formula is C20H17ClN4O4S. The SMILES string of the molecule is O=C(NCc1ccccc1)C(=O)Nc1c2c(nn1-c1cccc(Cl)c1)CS(=O)(=O)C2. The third kappa shape index (κ3) is 4.22. The fourth-order valence-corrected chi connectivity index (χ4v) is 4.87. The second-order valence-corrected chi connectivity index (χ2v) is 9.32. The topological polar surface area (TPSA) is 110 Å². The summed E-state index contributed by atoms with van der Waals surface area (Å²) in [6.45, 7) is 0.188. The van der Waals surface area contributed by atoms with Crippen LogP contribution in [0.3, 0.4) is 0 Å². The summed E-state index contributed by atoms with van der Waals surface area (Å²) >= 11 is 6.05. The molecule has 0 spiro atoms. The molecule has 8 nitrogen and oxygen atoms in total. The Balaban J connectivity index is 1.59. The number of anilines is 1. The van der Waals surface area contributed by atoms with E-state index >= 15 is 0 Å². The zero-order valence-electron chi connectivity index (χ0n) is 15.6. The minimum absolute atomic E-state index is 0.146. The zero-order chi connectivity index (χ0) is 21.3. The minimum Gasteiger partial charge on any atom is -0.344 e. The van der Waals surface area contributed by atoms with Crippen molar-refractivity contribution in [2.24, 2.45) is 0 Å². The van der Waals surface area contributed by atoms with Crippen LogP contribution in [0.2, 0.25) is 5.02 Å². The highest BCUT2D eigenvalue weighted by molar-refractivity contribution is 7.90. The molecule has 2 heterocycles. The highest BCUT2D eigenvalue weighted by Gasteiger charge is 2.33. The largest absolute Gasteiger partial charge is 0.344 e. The lowest BCUT2D eigenvalue weighted by atomic mass is 10.2. The molecule has 1 aromatic heterocycles. The molecule has 0 radical (unpaired) electrons. The molecule has 0 bridgehead atoms. The average Bonchev–Trinajstić information content (AvgIpc) is 3.19. The molecule has 1 aliphatic rings. The van der Waals surface area contributed by atoms with Crippen molar-refractivity contribution in [3.8, 4) is 5.69 Å². The molecule has 2 amide bonds. The molecule has 0 atom stereocenters. The number of carbonyl (C=O) groups excluding carboxylic acids is 2. The number of fused-ring (bicyclic) bond motifs is 1. The molecule has 2 N–H and O–H groups in total. The van der Waals surface area contributed by atoms with Crippen molar-refractivity contribution in [2.75, 3.05) is 5.32 Å². The van der Waals surface area contributed by atoms with Crippen molar-refractivity contribution < 1.29 is 18.0 Å². The van der Waals surface area contributed by atoms with Crippen LogP contribution in [0, 0.1) is 0 Å². The number of aromatic nitrogens is 2. The first-order valence-electron chi connectivity index (χ1n) is 9.02. The number of carbonyl (C=O) groups is 2. The number of halogens is 1. The maximum absolute atomic E-state index is 12.5. The van der Waals surface area contributed by atoms with Crippen molar-refractivity contribution in [2.45, 2.75) is 18.1 Å². The van der Waals surface area contributed by atoms with E-state index in [1.165, 1.54) is 4.68 Å². The van der Waals surface area contributed by atoms with E-state index in [0.717, 1.165) is 5.56 Å². The summed E-state index contributed by atoms with van der Waals surface area (Å²) < 4.78 is 25.4. The van der Waals surface area contributed by atoms with E-state index in [4.69, 9.17) is 11.6 Å². The Kier molecular flexibility index (Phi) is 5.31. The lowest BCUT2D eigenvalue weighted by molar-refractivity contribution is -0.136. The van der Waals surface area contributed by atoms with E-state index in [2.05, 4.69) is 15.7 Å². The van der Waals surface area contributed by atoms with Crippen LogP contribution in [0.25, 0.3) is 5.69 Å². The zero-order valence-corrected chi connectivity index (χ0v) is 17.2. The van der Waals surface area contributed by atoms with Crippen LogP contribution in [0.4, 0.5) is 5.82 Å². The van der Waals surface area contributed by atoms with E-state index in [1.54, 1.807) is 24.3 Å². The van der Waals surface area contributed by atoms with Crippen molar-refractivity contribution in [3.63, 3.8) is 0 Å². The van der Waals surface area contributed by atoms with Crippen LogP contribution in [0.5, 0.6) is 0 Å². The molecule has 30 heavy (non-hydrogen) atoms. The first-order chi connectivity index (χ1) is 14.3. The van der Waals surface area contributed by atoms with Crippen LogP contribution in [0.15, 0.2) is 54.6 Å². The third-order valence-electron chi connectivity index (χ3n) is 4.57. The van der Waals surface area contributed by atoms with Crippen molar-refractivity contribution in [1.82, 2.24) is 15.1 Å². The van der Waals surface area contributed by atoms with Gasteiger partial charge < -0.3 is 10.6 Å². The van der Waals surface area contributed by atoms with E-state index in [-0.39, 0.29) is 23.9 Å². The van der Waals surface area contributed by atoms with Crippen LogP contribution in [-0.2, 0) is 37.5 Å². The molecule has 10 heteroatoms. The molecule has 2 aromatic carbocycles. The Morgan fingerprint density at radius 2 is 1.80 bits per heavy atom. The van der Waals surface area contributed by atoms with Gasteiger partial charge in [-0.25, -0.2) is 13.1 Å². The van der Waals surface area contributed by atoms with Gasteiger partial charge in [0.05, 0.1) is 22.9 Å². The number of sulfone groups is 1. The van der Waals surface area contributed by atoms with Gasteiger partial charge in [0.25, 0.3) is 0 Å². The molecule has 0 saturated carbocycles. The van der Waals surface area contributed by atoms with E-state index in [0.29, 0.717) is 22.0 Å². The van der Waals surface area contributed by atoms with Crippen molar-refractivity contribution in [3.05, 3.63) is 76.4 Å². The van der Waals surface area contributed by atoms with E-state index < -0.39 is 21.7 Å². The minimum atomic E-state index is -3.35. The normalized spacial score (nSPS) is 14.2. The summed E-state index contributed by atoms with van der Waals surface area (Å²) in [6.07, 6.45) is 0. The molecule has 0 unspecified atom stereocenters. The summed E-state index contributed by atoms with van der Waals surface area (Å²) in [6, 6.07) is 15.9. The number of amides is 2. The summed E-state index contributed by atoms with van der Waals surface area (Å²) in [5.41, 5.74) is 2.10. The molecule has 1 aliphatic heterocycles. The first-order valence-corrected chi connectivity index (χ1v) is 11.2. The van der Waals surface area contributed by atoms with Crippen LogP contribution in [-0.4, -0.2) is 30.0 Å². The monoisotopic (exact) mass is 444 g/mol. The smallest absolute Gasteiger partial charge is 0.314 e. The van der Waals surface area contributed by atoms with Gasteiger partial charge in [-0.15, -0.1) is 0 Å². The summed E-state index contributed by atoms with van der Waals surface area (Å²) in [7, 11) is -3.35. The van der Waals surface area contributed by atoms with Gasteiger partial charge in [-0.05, 0) is 23.8 Å². The molecule has 4 rings (SSSR count). The predicted molar refractivity (Wildman–Crippen MR) is 112 cm³/mol. The standard InChI is InChI=1S/C20H17ClN4O4S/c21-14-7-4-8-15(9-14)25-18(16-11-30(28,29)12-17(16)24-25)23-20(27)19(26)22-10-13-5-2-1-3-6-13/h1-9H,10-12H2,(H,22,26)(H,23,27). The second kappa shape index (κ2) is 7.92. The summed E-state index contributed by atoms with van der Waals surface area (Å²) in [5.74, 6) is -2.09. The van der Waals surface area contributed by atoms with Crippen LogP contribution >= 0.6 is 11.6 Å². The van der Waals surface area contributed by atoms with Crippen molar-refractivity contribution >= 4 is 39.1 Å². The van der Waals surface area contributed by atoms with Gasteiger partial charge in [0.2, 0.25) is 0 Å². The molecular weight excluding hydrogens is 428 g/mol. The highest BCUT2D eigenvalue weighted by atomic mass is 35.5. The Bertz CT molecular complexity index is 1240. The highest BCUT2D eigenvalue weighted by Crippen LogP contribution is 2.33. The fraction of sp³-hybridized carbons (Fsp3) is 0.150. The predicted octanol–water partition coefficient (Wildman–Crippen LogP) is 2.21. The number of hydrogen-bond acceptors (Lipinski definition) is 5. The number of rotatable bonds is 4. The summed E-state index contributed by atoms with van der Waals surface area (Å²) in [4.78, 5) is 24.8. The lowest BCUT2D eigenvalue weighted by Crippen LogP contribution is -2.35. The Hall–Kier alpha value is -3.17. The fourth-order valence-electron chi connectivity index (χ4n) is 3.19. The molecule has 154 valence electrons. The van der Waals surface area contributed by atoms with Gasteiger partial charge in [-0.1, -0.05) is 48.0 Å². The quantitative estimate of drug-likeness (QED) is 0.599. The maximum atomic E-state index is 12.5. The third-order valence-corrected chi connectivity index (χ3v) is 6.25. The van der Waals surface area contributed by atoms with Gasteiger partial charge in [-0.3, -0.25) is 9.59 Å². The van der Waals surface area contributed by atoms with Crippen LogP contribution in [0.1, 0.15) is 16.8 Å². The summed E-state index contributed by atoms with van der Waals surface area (Å²) in [5, 5.41) is 9.86. The van der Waals surface area contributed by atoms with E-state index in [9.17, 15) is 18.0 Å². The Morgan fingerprint density at radius 3 is 2.53 bits per heavy atom. The number of nitrogens with zero attached hydrogens (tertiary/aromatic N) is 2. The van der Waals surface area contributed by atoms with Gasteiger partial charge in [-0.2, -0.15) is 5.10 Å². The average molecular weight is 445 g/mol. The number of benzene rings is 2. The lowest BCUT2D eigenvalue weighted by Gasteiger charge is -2.11. The molecule has 0 aliphatic carbocycles. The van der Waals surface area contributed by atoms with Crippen molar-refractivity contribution in [1.29, 1.82) is 0 Å². The van der Waals surface area contributed by atoms with Gasteiger partial charge in [0, 0.05) is 17.1 Å². The van der Waals surface area contributed by atoms with E-state index in [1.807, 2.05) is 30.3 Å². The molecule has 0 saturated heterocycles. The first kappa shape index (κ1) is 20.1. The van der Waals surface area contributed by atoms with Gasteiger partial charge in [0.1, 0.15) is 5.82 Å². The second-order valence-electron chi connectivity index (χ2n) is 6.82. The van der Waals surface area contributed by atoms with Gasteiger partial charge in [0.15, 0.2) is 9.84 Å². The molecule has 0 fully saturated rings. The number of hydrogen-bond donors (Lipinski definition) is 2. The van der Waals surface area contributed by atoms with Gasteiger partial charge >= 0.3 is 11.8 Å². The maximum Gasteiger partial charge on any atom is 0.314 e. The number of nitrogens with one attached hydrogen (secondary N) is 2.